The fraction of sp³-hybridized carbons (Fsp3) is 0.364. The van der Waals surface area contributed by atoms with Crippen molar-refractivity contribution in [3.05, 3.63) is 72.5 Å². The van der Waals surface area contributed by atoms with Crippen LogP contribution in [0.4, 0.5) is 4.39 Å². The van der Waals surface area contributed by atoms with E-state index < -0.39 is 0 Å². The number of hydrogen-bond donors (Lipinski definition) is 0. The van der Waals surface area contributed by atoms with Crippen LogP contribution in [0.2, 0.25) is 0 Å². The Labute approximate surface area is 238 Å². The Kier molecular flexibility index (Phi) is 7.76. The molecular weight excluding hydrogens is 525 g/mol. The minimum absolute atomic E-state index is 0.153. The van der Waals surface area contributed by atoms with Gasteiger partial charge in [0.05, 0.1) is 10.3 Å². The number of fused-ring (bicyclic) bond motifs is 1. The third kappa shape index (κ3) is 5.86. The first-order chi connectivity index (χ1) is 19.5. The first kappa shape index (κ1) is 26.8. The van der Waals surface area contributed by atoms with Gasteiger partial charge in [-0.2, -0.15) is 0 Å². The van der Waals surface area contributed by atoms with E-state index in [1.54, 1.807) is 12.1 Å². The average Bonchev–Trinajstić information content (AvgIpc) is 3.72. The van der Waals surface area contributed by atoms with Crippen LogP contribution in [-0.4, -0.2) is 37.1 Å². The van der Waals surface area contributed by atoms with Gasteiger partial charge in [0.1, 0.15) is 29.7 Å². The van der Waals surface area contributed by atoms with E-state index >= 15 is 0 Å². The van der Waals surface area contributed by atoms with Crippen molar-refractivity contribution < 1.29 is 23.4 Å². The zero-order chi connectivity index (χ0) is 27.5. The quantitative estimate of drug-likeness (QED) is 0.144. The lowest BCUT2D eigenvalue weighted by Gasteiger charge is -2.26. The number of halogens is 1. The minimum atomic E-state index is -0.318. The van der Waals surface area contributed by atoms with E-state index in [1.165, 1.54) is 42.7 Å². The lowest BCUT2D eigenvalue weighted by atomic mass is 10.1. The van der Waals surface area contributed by atoms with Gasteiger partial charge in [0.15, 0.2) is 5.75 Å². The van der Waals surface area contributed by atoms with E-state index in [0.717, 1.165) is 65.2 Å². The summed E-state index contributed by atoms with van der Waals surface area (Å²) in [5.74, 6) is 2.27. The molecule has 5 nitrogen and oxygen atoms in total. The summed E-state index contributed by atoms with van der Waals surface area (Å²) < 4.78 is 32.8. The highest BCUT2D eigenvalue weighted by Crippen LogP contribution is 2.50. The maximum atomic E-state index is 13.7. The summed E-state index contributed by atoms with van der Waals surface area (Å²) in [6, 6.07) is 19.7. The standard InChI is InChI=1S/C33H34FNO4S/c1-2-33(16-17-33)32(36)39-27-14-15-28-29(22-27)40-31(23-6-8-24(34)9-7-23)30(28)38-26-12-10-25(11-13-26)37-21-20-35-18-4-3-5-19-35/h6-15,22H,2-5,16-21H2,1H3. The second-order valence-electron chi connectivity index (χ2n) is 10.8. The van der Waals surface area contributed by atoms with Crippen LogP contribution < -0.4 is 14.2 Å². The van der Waals surface area contributed by atoms with Crippen molar-refractivity contribution in [1.82, 2.24) is 4.90 Å². The molecule has 0 amide bonds. The SMILES string of the molecule is CCC1(C(=O)Oc2ccc3c(Oc4ccc(OCCN5CCCCC5)cc4)c(-c4ccc(F)cc4)sc3c2)CC1. The number of carbonyl (C=O) groups excluding carboxylic acids is 1. The Hall–Kier alpha value is -3.42. The summed E-state index contributed by atoms with van der Waals surface area (Å²) in [5, 5.41) is 0.905. The van der Waals surface area contributed by atoms with Crippen LogP contribution >= 0.6 is 11.3 Å². The summed E-state index contributed by atoms with van der Waals surface area (Å²) >= 11 is 1.53. The molecule has 3 aromatic carbocycles. The van der Waals surface area contributed by atoms with Crippen molar-refractivity contribution in [3.63, 3.8) is 0 Å². The third-order valence-electron chi connectivity index (χ3n) is 8.06. The van der Waals surface area contributed by atoms with Crippen molar-refractivity contribution in [2.45, 2.75) is 45.4 Å². The number of likely N-dealkylation sites (tertiary alicyclic amines) is 1. The van der Waals surface area contributed by atoms with E-state index in [4.69, 9.17) is 14.2 Å². The van der Waals surface area contributed by atoms with Gasteiger partial charge in [0.25, 0.3) is 0 Å². The number of esters is 1. The molecule has 2 heterocycles. The van der Waals surface area contributed by atoms with Gasteiger partial charge in [-0.1, -0.05) is 25.5 Å². The van der Waals surface area contributed by atoms with Gasteiger partial charge in [-0.05, 0) is 105 Å². The normalized spacial score (nSPS) is 16.6. The van der Waals surface area contributed by atoms with Gasteiger partial charge in [0.2, 0.25) is 0 Å². The van der Waals surface area contributed by atoms with E-state index in [-0.39, 0.29) is 17.2 Å². The van der Waals surface area contributed by atoms with Crippen molar-refractivity contribution >= 4 is 27.4 Å². The lowest BCUT2D eigenvalue weighted by Crippen LogP contribution is -2.33. The van der Waals surface area contributed by atoms with Gasteiger partial charge < -0.3 is 14.2 Å². The molecule has 0 N–H and O–H groups in total. The molecule has 1 aliphatic heterocycles. The fourth-order valence-corrected chi connectivity index (χ4v) is 6.44. The van der Waals surface area contributed by atoms with Crippen LogP contribution in [0.15, 0.2) is 66.7 Å². The molecule has 6 rings (SSSR count). The molecule has 0 unspecified atom stereocenters. The van der Waals surface area contributed by atoms with Crippen molar-refractivity contribution in [2.75, 3.05) is 26.2 Å². The number of piperidine rings is 1. The zero-order valence-electron chi connectivity index (χ0n) is 22.8. The largest absolute Gasteiger partial charge is 0.492 e. The number of benzene rings is 3. The number of ether oxygens (including phenoxy) is 3. The first-order valence-electron chi connectivity index (χ1n) is 14.2. The minimum Gasteiger partial charge on any atom is -0.492 e. The Bertz CT molecular complexity index is 1470. The highest BCUT2D eigenvalue weighted by molar-refractivity contribution is 7.22. The first-order valence-corrected chi connectivity index (χ1v) is 15.0. The van der Waals surface area contributed by atoms with Crippen LogP contribution in [0.5, 0.6) is 23.0 Å². The average molecular weight is 560 g/mol. The molecule has 7 heteroatoms. The van der Waals surface area contributed by atoms with Crippen LogP contribution in [0, 0.1) is 11.2 Å². The van der Waals surface area contributed by atoms with Crippen molar-refractivity contribution in [1.29, 1.82) is 0 Å². The van der Waals surface area contributed by atoms with Gasteiger partial charge in [0, 0.05) is 16.6 Å². The molecule has 0 atom stereocenters. The summed E-state index contributed by atoms with van der Waals surface area (Å²) in [6.07, 6.45) is 6.44. The molecule has 40 heavy (non-hydrogen) atoms. The molecule has 2 aliphatic rings. The molecular formula is C33H34FNO4S. The van der Waals surface area contributed by atoms with Crippen molar-refractivity contribution in [3.8, 4) is 33.4 Å². The third-order valence-corrected chi connectivity index (χ3v) is 9.25. The molecule has 208 valence electrons. The molecule has 1 saturated carbocycles. The topological polar surface area (TPSA) is 48.0 Å². The van der Waals surface area contributed by atoms with E-state index in [1.807, 2.05) is 49.4 Å². The Morgan fingerprint density at radius 1 is 0.925 bits per heavy atom. The van der Waals surface area contributed by atoms with Gasteiger partial charge >= 0.3 is 5.97 Å². The number of rotatable bonds is 10. The monoisotopic (exact) mass is 559 g/mol. The highest BCUT2D eigenvalue weighted by atomic mass is 32.1. The summed E-state index contributed by atoms with van der Waals surface area (Å²) in [7, 11) is 0. The number of carbonyl (C=O) groups is 1. The Morgan fingerprint density at radius 2 is 1.62 bits per heavy atom. The smallest absolute Gasteiger partial charge is 0.317 e. The summed E-state index contributed by atoms with van der Waals surface area (Å²) in [6.45, 7) is 5.95. The van der Waals surface area contributed by atoms with E-state index in [2.05, 4.69) is 4.90 Å². The van der Waals surface area contributed by atoms with Crippen LogP contribution in [0.1, 0.15) is 45.4 Å². The second-order valence-corrected chi connectivity index (χ2v) is 11.8. The molecule has 0 spiro atoms. The number of thiophene rings is 1. The summed E-state index contributed by atoms with van der Waals surface area (Å²) in [4.78, 5) is 16.1. The molecule has 1 saturated heterocycles. The van der Waals surface area contributed by atoms with Gasteiger partial charge in [-0.25, -0.2) is 4.39 Å². The molecule has 2 fully saturated rings. The van der Waals surface area contributed by atoms with Crippen LogP contribution in [0.3, 0.4) is 0 Å². The van der Waals surface area contributed by atoms with Gasteiger partial charge in [-0.3, -0.25) is 9.69 Å². The fourth-order valence-electron chi connectivity index (χ4n) is 5.27. The molecule has 0 radical (unpaired) electrons. The van der Waals surface area contributed by atoms with Gasteiger partial charge in [-0.15, -0.1) is 11.3 Å². The maximum absolute atomic E-state index is 13.7. The van der Waals surface area contributed by atoms with E-state index in [0.29, 0.717) is 23.9 Å². The molecule has 0 bridgehead atoms. The Morgan fingerprint density at radius 3 is 2.33 bits per heavy atom. The molecule has 1 aromatic heterocycles. The molecule has 4 aromatic rings. The molecule has 1 aliphatic carbocycles. The Balaban J connectivity index is 1.22. The lowest BCUT2D eigenvalue weighted by molar-refractivity contribution is -0.140. The maximum Gasteiger partial charge on any atom is 0.317 e. The van der Waals surface area contributed by atoms with Crippen LogP contribution in [-0.2, 0) is 4.79 Å². The number of hydrogen-bond acceptors (Lipinski definition) is 6. The van der Waals surface area contributed by atoms with E-state index in [9.17, 15) is 9.18 Å². The number of nitrogens with zero attached hydrogens (tertiary/aromatic N) is 1. The predicted octanol–water partition coefficient (Wildman–Crippen LogP) is 8.46. The summed E-state index contributed by atoms with van der Waals surface area (Å²) in [5.41, 5.74) is 0.540. The second kappa shape index (κ2) is 11.6. The van der Waals surface area contributed by atoms with Crippen molar-refractivity contribution in [2.24, 2.45) is 5.41 Å². The van der Waals surface area contributed by atoms with Crippen LogP contribution in [0.25, 0.3) is 20.5 Å². The predicted molar refractivity (Wildman–Crippen MR) is 157 cm³/mol. The highest BCUT2D eigenvalue weighted by Gasteiger charge is 2.49. The zero-order valence-corrected chi connectivity index (χ0v) is 23.6.